The summed E-state index contributed by atoms with van der Waals surface area (Å²) in [4.78, 5) is 11.8. The lowest BCUT2D eigenvalue weighted by Crippen LogP contribution is -2.29. The van der Waals surface area contributed by atoms with E-state index in [-0.39, 0.29) is 5.88 Å². The van der Waals surface area contributed by atoms with E-state index in [2.05, 4.69) is 36.9 Å². The number of benzene rings is 1. The Morgan fingerprint density at radius 3 is 2.87 bits per heavy atom. The van der Waals surface area contributed by atoms with Crippen molar-refractivity contribution >= 4 is 55.9 Å². The zero-order valence-electron chi connectivity index (χ0n) is 12.5. The summed E-state index contributed by atoms with van der Waals surface area (Å²) in [6, 6.07) is 6.03. The van der Waals surface area contributed by atoms with Gasteiger partial charge in [0, 0.05) is 34.9 Å². The average Bonchev–Trinajstić information content (AvgIpc) is 3.13. The number of hydrogen-bond donors (Lipinski definition) is 1. The number of rotatable bonds is 2. The largest absolute Gasteiger partial charge is 0.492 e. The highest BCUT2D eigenvalue weighted by molar-refractivity contribution is 9.10. The third-order valence-electron chi connectivity index (χ3n) is 4.15. The van der Waals surface area contributed by atoms with Gasteiger partial charge in [0.1, 0.15) is 0 Å². The first-order chi connectivity index (χ1) is 11.2. The molecule has 0 amide bonds. The van der Waals surface area contributed by atoms with Gasteiger partial charge in [-0.15, -0.1) is 0 Å². The summed E-state index contributed by atoms with van der Waals surface area (Å²) >= 11 is 5.05. The number of fused-ring (bicyclic) bond motifs is 1. The first-order valence-corrected chi connectivity index (χ1v) is 9.32. The SMILES string of the molecule is Oc1nc(N2CCCCC2)sc1/C=C1/C=Nc2ccc(Br)cc21. The van der Waals surface area contributed by atoms with Gasteiger partial charge in [-0.25, -0.2) is 0 Å². The molecule has 4 rings (SSSR count). The zero-order chi connectivity index (χ0) is 15.8. The molecule has 0 saturated carbocycles. The molecule has 2 aliphatic rings. The Hall–Kier alpha value is -1.66. The Morgan fingerprint density at radius 2 is 2.04 bits per heavy atom. The molecule has 3 heterocycles. The number of nitrogens with zero attached hydrogens (tertiary/aromatic N) is 3. The lowest BCUT2D eigenvalue weighted by atomic mass is 10.1. The molecule has 1 saturated heterocycles. The van der Waals surface area contributed by atoms with Crippen molar-refractivity contribution in [3.05, 3.63) is 33.1 Å². The second kappa shape index (κ2) is 6.09. The van der Waals surface area contributed by atoms with Gasteiger partial charge in [0.2, 0.25) is 5.88 Å². The summed E-state index contributed by atoms with van der Waals surface area (Å²) in [5, 5.41) is 11.1. The predicted octanol–water partition coefficient (Wildman–Crippen LogP) is 4.86. The van der Waals surface area contributed by atoms with E-state index in [1.807, 2.05) is 24.4 Å². The molecule has 2 aliphatic heterocycles. The van der Waals surface area contributed by atoms with Crippen molar-refractivity contribution in [1.29, 1.82) is 0 Å². The summed E-state index contributed by atoms with van der Waals surface area (Å²) in [5.41, 5.74) is 3.04. The second-order valence-electron chi connectivity index (χ2n) is 5.75. The minimum atomic E-state index is 0.111. The van der Waals surface area contributed by atoms with Crippen molar-refractivity contribution in [2.45, 2.75) is 19.3 Å². The molecule has 0 spiro atoms. The van der Waals surface area contributed by atoms with E-state index in [9.17, 15) is 5.11 Å². The molecule has 0 atom stereocenters. The van der Waals surface area contributed by atoms with Crippen molar-refractivity contribution in [1.82, 2.24) is 4.98 Å². The summed E-state index contributed by atoms with van der Waals surface area (Å²) in [7, 11) is 0. The summed E-state index contributed by atoms with van der Waals surface area (Å²) in [6.07, 6.45) is 7.50. The van der Waals surface area contributed by atoms with Gasteiger partial charge in [0.05, 0.1) is 10.6 Å². The number of thiazole rings is 1. The minimum absolute atomic E-state index is 0.111. The van der Waals surface area contributed by atoms with Crippen LogP contribution in [0, 0.1) is 0 Å². The Morgan fingerprint density at radius 1 is 1.22 bits per heavy atom. The van der Waals surface area contributed by atoms with Gasteiger partial charge >= 0.3 is 0 Å². The number of hydrogen-bond acceptors (Lipinski definition) is 5. The molecular weight excluding hydrogens is 374 g/mol. The van der Waals surface area contributed by atoms with E-state index in [4.69, 9.17) is 0 Å². The molecule has 1 aromatic carbocycles. The monoisotopic (exact) mass is 389 g/mol. The molecule has 23 heavy (non-hydrogen) atoms. The van der Waals surface area contributed by atoms with Crippen LogP contribution in [0.4, 0.5) is 10.8 Å². The molecule has 1 N–H and O–H groups in total. The van der Waals surface area contributed by atoms with Crippen molar-refractivity contribution < 1.29 is 5.11 Å². The molecule has 1 fully saturated rings. The predicted molar refractivity (Wildman–Crippen MR) is 100 cm³/mol. The number of aromatic hydroxyl groups is 1. The van der Waals surface area contributed by atoms with Crippen molar-refractivity contribution in [3.63, 3.8) is 0 Å². The second-order valence-corrected chi connectivity index (χ2v) is 7.68. The highest BCUT2D eigenvalue weighted by Crippen LogP contribution is 2.38. The highest BCUT2D eigenvalue weighted by atomic mass is 79.9. The topological polar surface area (TPSA) is 48.7 Å². The fourth-order valence-corrected chi connectivity index (χ4v) is 4.27. The van der Waals surface area contributed by atoms with Crippen LogP contribution < -0.4 is 4.90 Å². The van der Waals surface area contributed by atoms with Gasteiger partial charge in [0.15, 0.2) is 5.13 Å². The molecule has 4 nitrogen and oxygen atoms in total. The van der Waals surface area contributed by atoms with Crippen LogP contribution in [0.1, 0.15) is 29.7 Å². The highest BCUT2D eigenvalue weighted by Gasteiger charge is 2.19. The van der Waals surface area contributed by atoms with Gasteiger partial charge in [0.25, 0.3) is 0 Å². The number of allylic oxidation sites excluding steroid dienone is 1. The van der Waals surface area contributed by atoms with E-state index in [0.29, 0.717) is 0 Å². The molecule has 2 aromatic rings. The number of halogens is 1. The van der Waals surface area contributed by atoms with E-state index < -0.39 is 0 Å². The van der Waals surface area contributed by atoms with Crippen LogP contribution in [-0.2, 0) is 0 Å². The molecule has 118 valence electrons. The van der Waals surface area contributed by atoms with Crippen LogP contribution in [0.25, 0.3) is 11.6 Å². The van der Waals surface area contributed by atoms with Crippen LogP contribution in [0.2, 0.25) is 0 Å². The Labute approximate surface area is 147 Å². The van der Waals surface area contributed by atoms with Crippen LogP contribution in [-0.4, -0.2) is 29.4 Å². The summed E-state index contributed by atoms with van der Waals surface area (Å²) in [6.45, 7) is 2.06. The Bertz CT molecular complexity index is 806. The minimum Gasteiger partial charge on any atom is -0.492 e. The van der Waals surface area contributed by atoms with Gasteiger partial charge in [-0.1, -0.05) is 27.3 Å². The van der Waals surface area contributed by atoms with E-state index in [1.165, 1.54) is 19.3 Å². The molecule has 6 heteroatoms. The van der Waals surface area contributed by atoms with E-state index >= 15 is 0 Å². The third kappa shape index (κ3) is 2.93. The fourth-order valence-electron chi connectivity index (χ4n) is 2.94. The van der Waals surface area contributed by atoms with E-state index in [1.54, 1.807) is 11.3 Å². The van der Waals surface area contributed by atoms with Crippen LogP contribution in [0.3, 0.4) is 0 Å². The fraction of sp³-hybridized carbons (Fsp3) is 0.294. The Balaban J connectivity index is 1.66. The number of anilines is 1. The third-order valence-corrected chi connectivity index (χ3v) is 5.69. The quantitative estimate of drug-likeness (QED) is 0.797. The molecule has 1 aromatic heterocycles. The van der Waals surface area contributed by atoms with Crippen molar-refractivity contribution in [2.24, 2.45) is 4.99 Å². The lowest BCUT2D eigenvalue weighted by Gasteiger charge is -2.25. The Kier molecular flexibility index (Phi) is 3.95. The van der Waals surface area contributed by atoms with Crippen molar-refractivity contribution in [2.75, 3.05) is 18.0 Å². The molecule has 0 radical (unpaired) electrons. The zero-order valence-corrected chi connectivity index (χ0v) is 14.9. The average molecular weight is 390 g/mol. The summed E-state index contributed by atoms with van der Waals surface area (Å²) < 4.78 is 1.02. The molecule has 0 bridgehead atoms. The first kappa shape index (κ1) is 14.9. The number of aromatic nitrogens is 1. The molecular formula is C17H16BrN3OS. The normalized spacial score (nSPS) is 18.7. The van der Waals surface area contributed by atoms with Crippen LogP contribution in [0.5, 0.6) is 5.88 Å². The summed E-state index contributed by atoms with van der Waals surface area (Å²) in [5.74, 6) is 0.111. The van der Waals surface area contributed by atoms with Crippen LogP contribution >= 0.6 is 27.3 Å². The van der Waals surface area contributed by atoms with Gasteiger partial charge < -0.3 is 10.0 Å². The standard InChI is InChI=1S/C17H16BrN3OS/c18-12-4-5-14-13(9-12)11(10-19-14)8-15-16(22)20-17(23-15)21-6-2-1-3-7-21/h4-5,8-10,22H,1-3,6-7H2/b11-8-. The maximum Gasteiger partial charge on any atom is 0.231 e. The van der Waals surface area contributed by atoms with Crippen LogP contribution in [0.15, 0.2) is 27.7 Å². The first-order valence-electron chi connectivity index (χ1n) is 7.71. The maximum atomic E-state index is 10.2. The maximum absolute atomic E-state index is 10.2. The molecule has 0 unspecified atom stereocenters. The van der Waals surface area contributed by atoms with E-state index in [0.717, 1.165) is 44.4 Å². The van der Waals surface area contributed by atoms with Gasteiger partial charge in [-0.05, 0) is 43.5 Å². The molecule has 0 aliphatic carbocycles. The van der Waals surface area contributed by atoms with Gasteiger partial charge in [-0.3, -0.25) is 4.99 Å². The number of piperidine rings is 1. The van der Waals surface area contributed by atoms with Crippen molar-refractivity contribution in [3.8, 4) is 5.88 Å². The van der Waals surface area contributed by atoms with Gasteiger partial charge in [-0.2, -0.15) is 4.98 Å². The number of aliphatic imine (C=N–C) groups is 1. The lowest BCUT2D eigenvalue weighted by molar-refractivity contribution is 0.455. The smallest absolute Gasteiger partial charge is 0.231 e.